The van der Waals surface area contributed by atoms with Crippen molar-refractivity contribution in [1.29, 1.82) is 0 Å². The first-order chi connectivity index (χ1) is 8.05. The predicted octanol–water partition coefficient (Wildman–Crippen LogP) is 2.95. The Balaban J connectivity index is 2.03. The van der Waals surface area contributed by atoms with Gasteiger partial charge in [-0.1, -0.05) is 12.1 Å². The molecule has 2 nitrogen and oxygen atoms in total. The molecular formula is C14H15FO2. The van der Waals surface area contributed by atoms with Crippen LogP contribution in [0.25, 0.3) is 0 Å². The highest BCUT2D eigenvalue weighted by Crippen LogP contribution is 2.19. The van der Waals surface area contributed by atoms with E-state index in [-0.39, 0.29) is 5.82 Å². The maximum atomic E-state index is 12.7. The molecule has 0 aliphatic carbocycles. The minimum Gasteiger partial charge on any atom is -0.472 e. The largest absolute Gasteiger partial charge is 0.472 e. The van der Waals surface area contributed by atoms with Crippen LogP contribution in [0.4, 0.5) is 4.39 Å². The average molecular weight is 234 g/mol. The van der Waals surface area contributed by atoms with Crippen LogP contribution in [-0.2, 0) is 12.8 Å². The van der Waals surface area contributed by atoms with Gasteiger partial charge in [0.1, 0.15) is 5.82 Å². The van der Waals surface area contributed by atoms with Crippen LogP contribution < -0.4 is 0 Å². The molecule has 0 fully saturated rings. The van der Waals surface area contributed by atoms with E-state index in [0.29, 0.717) is 12.8 Å². The zero-order valence-corrected chi connectivity index (χ0v) is 9.69. The number of hydrogen-bond acceptors (Lipinski definition) is 2. The second-order valence-electron chi connectivity index (χ2n) is 4.61. The Labute approximate surface area is 99.7 Å². The summed E-state index contributed by atoms with van der Waals surface area (Å²) in [4.78, 5) is 0. The quantitative estimate of drug-likeness (QED) is 0.882. The molecule has 1 atom stereocenters. The summed E-state index contributed by atoms with van der Waals surface area (Å²) in [5, 5.41) is 10.3. The van der Waals surface area contributed by atoms with Crippen LogP contribution in [-0.4, -0.2) is 10.7 Å². The number of rotatable bonds is 4. The fraction of sp³-hybridized carbons (Fsp3) is 0.286. The van der Waals surface area contributed by atoms with Crippen LogP contribution in [0.1, 0.15) is 18.1 Å². The molecular weight excluding hydrogens is 219 g/mol. The van der Waals surface area contributed by atoms with Crippen molar-refractivity contribution in [3.63, 3.8) is 0 Å². The van der Waals surface area contributed by atoms with E-state index in [9.17, 15) is 9.50 Å². The van der Waals surface area contributed by atoms with E-state index in [1.54, 1.807) is 31.6 Å². The van der Waals surface area contributed by atoms with Crippen LogP contribution in [0.5, 0.6) is 0 Å². The number of benzene rings is 1. The minimum absolute atomic E-state index is 0.261. The van der Waals surface area contributed by atoms with Gasteiger partial charge in [0, 0.05) is 12.8 Å². The van der Waals surface area contributed by atoms with Gasteiger partial charge >= 0.3 is 0 Å². The van der Waals surface area contributed by atoms with Gasteiger partial charge in [0.15, 0.2) is 0 Å². The molecule has 1 unspecified atom stereocenters. The SMILES string of the molecule is CC(O)(Cc1ccc(F)cc1)Cc1ccoc1. The summed E-state index contributed by atoms with van der Waals surface area (Å²) in [6, 6.07) is 8.03. The van der Waals surface area contributed by atoms with Gasteiger partial charge in [0.05, 0.1) is 18.1 Å². The van der Waals surface area contributed by atoms with Crippen molar-refractivity contribution in [2.45, 2.75) is 25.4 Å². The fourth-order valence-electron chi connectivity index (χ4n) is 1.94. The summed E-state index contributed by atoms with van der Waals surface area (Å²) < 4.78 is 17.7. The van der Waals surface area contributed by atoms with Crippen molar-refractivity contribution in [1.82, 2.24) is 0 Å². The summed E-state index contributed by atoms with van der Waals surface area (Å²) in [7, 11) is 0. The number of furan rings is 1. The maximum absolute atomic E-state index is 12.7. The Kier molecular flexibility index (Phi) is 3.29. The van der Waals surface area contributed by atoms with Crippen molar-refractivity contribution in [2.24, 2.45) is 0 Å². The van der Waals surface area contributed by atoms with Gasteiger partial charge in [0.25, 0.3) is 0 Å². The summed E-state index contributed by atoms with van der Waals surface area (Å²) in [6.45, 7) is 1.77. The monoisotopic (exact) mass is 234 g/mol. The molecule has 0 spiro atoms. The molecule has 1 aromatic carbocycles. The lowest BCUT2D eigenvalue weighted by atomic mass is 9.91. The smallest absolute Gasteiger partial charge is 0.123 e. The first-order valence-electron chi connectivity index (χ1n) is 5.53. The second kappa shape index (κ2) is 4.72. The third-order valence-electron chi connectivity index (χ3n) is 2.66. The molecule has 3 heteroatoms. The molecule has 1 N–H and O–H groups in total. The van der Waals surface area contributed by atoms with Gasteiger partial charge in [-0.05, 0) is 36.2 Å². The molecule has 90 valence electrons. The van der Waals surface area contributed by atoms with Crippen LogP contribution in [0.2, 0.25) is 0 Å². The Morgan fingerprint density at radius 3 is 2.35 bits per heavy atom. The Morgan fingerprint density at radius 1 is 1.12 bits per heavy atom. The minimum atomic E-state index is -0.859. The van der Waals surface area contributed by atoms with E-state index >= 15 is 0 Å². The summed E-state index contributed by atoms with van der Waals surface area (Å²) in [5.74, 6) is -0.261. The number of hydrogen-bond donors (Lipinski definition) is 1. The zero-order valence-electron chi connectivity index (χ0n) is 9.69. The average Bonchev–Trinajstić information content (AvgIpc) is 2.73. The molecule has 17 heavy (non-hydrogen) atoms. The van der Waals surface area contributed by atoms with Crippen LogP contribution in [0.15, 0.2) is 47.3 Å². The van der Waals surface area contributed by atoms with Gasteiger partial charge < -0.3 is 9.52 Å². The molecule has 2 aromatic rings. The van der Waals surface area contributed by atoms with E-state index in [4.69, 9.17) is 4.42 Å². The van der Waals surface area contributed by atoms with Crippen molar-refractivity contribution in [3.05, 3.63) is 59.8 Å². The third-order valence-corrected chi connectivity index (χ3v) is 2.66. The molecule has 2 rings (SSSR count). The summed E-state index contributed by atoms with van der Waals surface area (Å²) in [6.07, 6.45) is 4.21. The van der Waals surface area contributed by atoms with Crippen molar-refractivity contribution >= 4 is 0 Å². The van der Waals surface area contributed by atoms with Crippen LogP contribution in [0, 0.1) is 5.82 Å². The highest BCUT2D eigenvalue weighted by Gasteiger charge is 2.22. The van der Waals surface area contributed by atoms with Gasteiger partial charge in [-0.2, -0.15) is 0 Å². The van der Waals surface area contributed by atoms with E-state index in [1.807, 2.05) is 6.07 Å². The standard InChI is InChI=1S/C14H15FO2/c1-14(16,9-12-6-7-17-10-12)8-11-2-4-13(15)5-3-11/h2-7,10,16H,8-9H2,1H3. The molecule has 1 heterocycles. The zero-order chi connectivity index (χ0) is 12.3. The topological polar surface area (TPSA) is 33.4 Å². The van der Waals surface area contributed by atoms with Crippen LogP contribution >= 0.6 is 0 Å². The van der Waals surface area contributed by atoms with Gasteiger partial charge in [-0.3, -0.25) is 0 Å². The van der Waals surface area contributed by atoms with E-state index in [0.717, 1.165) is 11.1 Å². The molecule has 0 bridgehead atoms. The maximum Gasteiger partial charge on any atom is 0.123 e. The lowest BCUT2D eigenvalue weighted by Gasteiger charge is -2.22. The Morgan fingerprint density at radius 2 is 1.76 bits per heavy atom. The van der Waals surface area contributed by atoms with E-state index in [2.05, 4.69) is 0 Å². The lowest BCUT2D eigenvalue weighted by molar-refractivity contribution is 0.0606. The Hall–Kier alpha value is -1.61. The molecule has 0 saturated heterocycles. The van der Waals surface area contributed by atoms with E-state index in [1.165, 1.54) is 12.1 Å². The third kappa shape index (κ3) is 3.43. The molecule has 0 radical (unpaired) electrons. The van der Waals surface area contributed by atoms with Crippen molar-refractivity contribution in [2.75, 3.05) is 0 Å². The molecule has 0 saturated carbocycles. The van der Waals surface area contributed by atoms with Crippen LogP contribution in [0.3, 0.4) is 0 Å². The van der Waals surface area contributed by atoms with Crippen molar-refractivity contribution < 1.29 is 13.9 Å². The predicted molar refractivity (Wildman–Crippen MR) is 63.1 cm³/mol. The molecule has 0 amide bonds. The molecule has 0 aliphatic rings. The molecule has 0 aliphatic heterocycles. The summed E-state index contributed by atoms with van der Waals surface area (Å²) >= 11 is 0. The first-order valence-corrected chi connectivity index (χ1v) is 5.53. The lowest BCUT2D eigenvalue weighted by Crippen LogP contribution is -2.29. The van der Waals surface area contributed by atoms with Gasteiger partial charge in [-0.15, -0.1) is 0 Å². The highest BCUT2D eigenvalue weighted by atomic mass is 19.1. The first kappa shape index (κ1) is 11.9. The Bertz CT molecular complexity index is 457. The second-order valence-corrected chi connectivity index (χ2v) is 4.61. The number of aliphatic hydroxyl groups is 1. The normalized spacial score (nSPS) is 14.5. The van der Waals surface area contributed by atoms with Gasteiger partial charge in [0.2, 0.25) is 0 Å². The van der Waals surface area contributed by atoms with E-state index < -0.39 is 5.60 Å². The highest BCUT2D eigenvalue weighted by molar-refractivity contribution is 5.19. The molecule has 1 aromatic heterocycles. The number of halogens is 1. The van der Waals surface area contributed by atoms with Gasteiger partial charge in [-0.25, -0.2) is 4.39 Å². The van der Waals surface area contributed by atoms with Crippen molar-refractivity contribution in [3.8, 4) is 0 Å². The summed E-state index contributed by atoms with van der Waals surface area (Å²) in [5.41, 5.74) is 1.01. The fourth-order valence-corrected chi connectivity index (χ4v) is 1.94.